The lowest BCUT2D eigenvalue weighted by Gasteiger charge is -2.36. The highest BCUT2D eigenvalue weighted by molar-refractivity contribution is 6.30. The molecule has 1 amide bonds. The predicted molar refractivity (Wildman–Crippen MR) is 105 cm³/mol. The first-order valence-corrected chi connectivity index (χ1v) is 10.1. The normalized spacial score (nSPS) is 22.4. The first-order chi connectivity index (χ1) is 12.6. The van der Waals surface area contributed by atoms with Gasteiger partial charge >= 0.3 is 0 Å². The molecule has 0 radical (unpaired) electrons. The number of ether oxygens (including phenoxy) is 1. The van der Waals surface area contributed by atoms with Crippen LogP contribution in [0.2, 0.25) is 5.02 Å². The van der Waals surface area contributed by atoms with E-state index in [-0.39, 0.29) is 0 Å². The number of rotatable bonds is 6. The number of halogens is 1. The van der Waals surface area contributed by atoms with E-state index in [1.54, 1.807) is 0 Å². The number of nitrogens with zero attached hydrogens (tertiary/aromatic N) is 3. The zero-order chi connectivity index (χ0) is 18.4. The second-order valence-corrected chi connectivity index (χ2v) is 7.94. The Morgan fingerprint density at radius 2 is 1.81 bits per heavy atom. The zero-order valence-corrected chi connectivity index (χ0v) is 16.5. The molecule has 1 unspecified atom stereocenters. The van der Waals surface area contributed by atoms with Crippen LogP contribution in [-0.2, 0) is 4.79 Å². The predicted octanol–water partition coefficient (Wildman–Crippen LogP) is 2.59. The van der Waals surface area contributed by atoms with E-state index in [0.29, 0.717) is 25.0 Å². The highest BCUT2D eigenvalue weighted by atomic mass is 35.5. The van der Waals surface area contributed by atoms with Crippen molar-refractivity contribution in [2.24, 2.45) is 5.92 Å². The van der Waals surface area contributed by atoms with Gasteiger partial charge in [0.15, 0.2) is 0 Å². The third-order valence-corrected chi connectivity index (χ3v) is 5.58. The molecule has 2 fully saturated rings. The van der Waals surface area contributed by atoms with Gasteiger partial charge < -0.3 is 9.64 Å². The Bertz CT molecular complexity index is 573. The summed E-state index contributed by atoms with van der Waals surface area (Å²) in [7, 11) is 0. The fourth-order valence-corrected chi connectivity index (χ4v) is 3.83. The van der Waals surface area contributed by atoms with Crippen LogP contribution in [0.4, 0.5) is 0 Å². The molecule has 3 rings (SSSR count). The van der Waals surface area contributed by atoms with Crippen molar-refractivity contribution in [1.82, 2.24) is 14.7 Å². The molecule has 0 aliphatic carbocycles. The van der Waals surface area contributed by atoms with Crippen LogP contribution in [0.3, 0.4) is 0 Å². The average Bonchev–Trinajstić information content (AvgIpc) is 2.65. The van der Waals surface area contributed by atoms with Crippen LogP contribution in [0.15, 0.2) is 24.3 Å². The average molecular weight is 380 g/mol. The van der Waals surface area contributed by atoms with E-state index in [9.17, 15) is 4.79 Å². The van der Waals surface area contributed by atoms with Crippen LogP contribution in [0.1, 0.15) is 19.8 Å². The van der Waals surface area contributed by atoms with Crippen molar-refractivity contribution in [1.29, 1.82) is 0 Å². The number of amides is 1. The molecule has 0 N–H and O–H groups in total. The molecule has 0 bridgehead atoms. The smallest absolute Gasteiger partial charge is 0.236 e. The van der Waals surface area contributed by atoms with Gasteiger partial charge in [-0.2, -0.15) is 0 Å². The summed E-state index contributed by atoms with van der Waals surface area (Å²) in [6.45, 7) is 10.2. The summed E-state index contributed by atoms with van der Waals surface area (Å²) >= 11 is 5.88. The van der Waals surface area contributed by atoms with Crippen molar-refractivity contribution < 1.29 is 9.53 Å². The molecule has 2 aliphatic rings. The van der Waals surface area contributed by atoms with Gasteiger partial charge in [0, 0.05) is 50.8 Å². The Morgan fingerprint density at radius 3 is 2.50 bits per heavy atom. The summed E-state index contributed by atoms with van der Waals surface area (Å²) in [5, 5.41) is 0.724. The molecule has 1 atom stereocenters. The number of carbonyl (C=O) groups excluding carboxylic acids is 1. The van der Waals surface area contributed by atoms with Crippen molar-refractivity contribution in [3.63, 3.8) is 0 Å². The highest BCUT2D eigenvalue weighted by Gasteiger charge is 2.24. The maximum Gasteiger partial charge on any atom is 0.236 e. The van der Waals surface area contributed by atoms with Crippen molar-refractivity contribution in [3.8, 4) is 5.75 Å². The number of carbonyl (C=O) groups is 1. The van der Waals surface area contributed by atoms with E-state index in [0.717, 1.165) is 63.0 Å². The minimum Gasteiger partial charge on any atom is -0.492 e. The third kappa shape index (κ3) is 5.86. The summed E-state index contributed by atoms with van der Waals surface area (Å²) in [4.78, 5) is 19.2. The second kappa shape index (κ2) is 9.58. The molecule has 5 nitrogen and oxygen atoms in total. The molecule has 2 heterocycles. The van der Waals surface area contributed by atoms with Crippen LogP contribution in [0.25, 0.3) is 0 Å². The van der Waals surface area contributed by atoms with E-state index in [2.05, 4.69) is 21.6 Å². The SMILES string of the molecule is CC1CCCN(C(=O)CN2CCN(CCOc3ccc(Cl)cc3)CC2)C1. The van der Waals surface area contributed by atoms with Crippen molar-refractivity contribution in [2.45, 2.75) is 19.8 Å². The van der Waals surface area contributed by atoms with Crippen molar-refractivity contribution in [2.75, 3.05) is 59.0 Å². The van der Waals surface area contributed by atoms with E-state index in [1.807, 2.05) is 24.3 Å². The van der Waals surface area contributed by atoms with Gasteiger partial charge in [0.25, 0.3) is 0 Å². The van der Waals surface area contributed by atoms with Crippen molar-refractivity contribution >= 4 is 17.5 Å². The van der Waals surface area contributed by atoms with Gasteiger partial charge in [0.2, 0.25) is 5.91 Å². The minimum absolute atomic E-state index is 0.302. The number of benzene rings is 1. The van der Waals surface area contributed by atoms with Gasteiger partial charge in [0.1, 0.15) is 12.4 Å². The van der Waals surface area contributed by atoms with E-state index in [1.165, 1.54) is 6.42 Å². The van der Waals surface area contributed by atoms with Gasteiger partial charge in [-0.25, -0.2) is 0 Å². The summed E-state index contributed by atoms with van der Waals surface area (Å²) in [6, 6.07) is 7.48. The molecular weight excluding hydrogens is 350 g/mol. The number of likely N-dealkylation sites (tertiary alicyclic amines) is 1. The van der Waals surface area contributed by atoms with Gasteiger partial charge in [-0.1, -0.05) is 18.5 Å². The van der Waals surface area contributed by atoms with Gasteiger partial charge in [-0.3, -0.25) is 14.6 Å². The molecule has 6 heteroatoms. The molecule has 144 valence electrons. The summed E-state index contributed by atoms with van der Waals surface area (Å²) in [5.41, 5.74) is 0. The molecule has 0 aromatic heterocycles. The van der Waals surface area contributed by atoms with E-state index in [4.69, 9.17) is 16.3 Å². The first-order valence-electron chi connectivity index (χ1n) is 9.71. The molecule has 0 saturated carbocycles. The van der Waals surface area contributed by atoms with Crippen LogP contribution < -0.4 is 4.74 Å². The number of hydrogen-bond donors (Lipinski definition) is 0. The van der Waals surface area contributed by atoms with Crippen LogP contribution in [0, 0.1) is 5.92 Å². The Balaban J connectivity index is 1.32. The molecule has 26 heavy (non-hydrogen) atoms. The summed E-state index contributed by atoms with van der Waals surface area (Å²) in [6.07, 6.45) is 2.40. The maximum absolute atomic E-state index is 12.5. The fraction of sp³-hybridized carbons (Fsp3) is 0.650. The zero-order valence-electron chi connectivity index (χ0n) is 15.7. The van der Waals surface area contributed by atoms with Gasteiger partial charge in [-0.15, -0.1) is 0 Å². The molecular formula is C20H30ClN3O2. The van der Waals surface area contributed by atoms with E-state index >= 15 is 0 Å². The maximum atomic E-state index is 12.5. The molecule has 1 aromatic rings. The first kappa shape index (κ1) is 19.5. The Labute approximate surface area is 161 Å². The molecule has 1 aromatic carbocycles. The topological polar surface area (TPSA) is 36.0 Å². The molecule has 2 aliphatic heterocycles. The van der Waals surface area contributed by atoms with Gasteiger partial charge in [-0.05, 0) is 43.0 Å². The summed E-state index contributed by atoms with van der Waals surface area (Å²) < 4.78 is 5.77. The minimum atomic E-state index is 0.302. The lowest BCUT2D eigenvalue weighted by Crippen LogP contribution is -2.51. The molecule has 0 spiro atoms. The number of piperazine rings is 1. The van der Waals surface area contributed by atoms with Crippen LogP contribution >= 0.6 is 11.6 Å². The standard InChI is InChI=1S/C20H30ClN3O2/c1-17-3-2-8-24(15-17)20(25)16-23-11-9-22(10-12-23)13-14-26-19-6-4-18(21)5-7-19/h4-7,17H,2-3,8-16H2,1H3. The number of piperidine rings is 1. The Kier molecular flexibility index (Phi) is 7.17. The Hall–Kier alpha value is -1.30. The quantitative estimate of drug-likeness (QED) is 0.761. The highest BCUT2D eigenvalue weighted by Crippen LogP contribution is 2.17. The largest absolute Gasteiger partial charge is 0.492 e. The molecule has 2 saturated heterocycles. The van der Waals surface area contributed by atoms with Crippen LogP contribution in [-0.4, -0.2) is 79.6 Å². The van der Waals surface area contributed by atoms with E-state index < -0.39 is 0 Å². The third-order valence-electron chi connectivity index (χ3n) is 5.32. The number of hydrogen-bond acceptors (Lipinski definition) is 4. The van der Waals surface area contributed by atoms with Crippen molar-refractivity contribution in [3.05, 3.63) is 29.3 Å². The Morgan fingerprint density at radius 1 is 1.12 bits per heavy atom. The second-order valence-electron chi connectivity index (χ2n) is 7.51. The monoisotopic (exact) mass is 379 g/mol. The summed E-state index contributed by atoms with van der Waals surface area (Å²) in [5.74, 6) is 1.80. The van der Waals surface area contributed by atoms with Gasteiger partial charge in [0.05, 0.1) is 6.54 Å². The lowest BCUT2D eigenvalue weighted by molar-refractivity contribution is -0.134. The van der Waals surface area contributed by atoms with Crippen LogP contribution in [0.5, 0.6) is 5.75 Å². The lowest BCUT2D eigenvalue weighted by atomic mass is 10.0. The fourth-order valence-electron chi connectivity index (χ4n) is 3.70.